The van der Waals surface area contributed by atoms with Crippen LogP contribution in [0.15, 0.2) is 36.9 Å². The van der Waals surface area contributed by atoms with E-state index in [-0.39, 0.29) is 17.9 Å². The zero-order chi connectivity index (χ0) is 16.5. The summed E-state index contributed by atoms with van der Waals surface area (Å²) < 4.78 is 29.0. The Labute approximate surface area is 140 Å². The third-order valence-electron chi connectivity index (χ3n) is 5.48. The lowest BCUT2D eigenvalue weighted by Crippen LogP contribution is -2.45. The Hall–Kier alpha value is -1.82. The molecule has 2 aliphatic rings. The van der Waals surface area contributed by atoms with Crippen molar-refractivity contribution in [2.45, 2.75) is 49.9 Å². The predicted octanol–water partition coefficient (Wildman–Crippen LogP) is 3.34. The van der Waals surface area contributed by atoms with Crippen molar-refractivity contribution < 1.29 is 8.78 Å². The van der Waals surface area contributed by atoms with Gasteiger partial charge in [0.25, 0.3) is 0 Å². The fourth-order valence-electron chi connectivity index (χ4n) is 4.32. The van der Waals surface area contributed by atoms with Crippen molar-refractivity contribution in [2.75, 3.05) is 13.1 Å². The number of alkyl halides is 1. The lowest BCUT2D eigenvalue weighted by atomic mass is 9.97. The standard InChI is InChI=1S/C18H22F2N4/c19-15-5-3-13(4-6-15)14-8-17(23-7-1-2-16(20)10-23)18(9-14)24-12-21-11-22-24/h3-6,11-12,14,16-18H,1-2,7-10H2/t14-,16+,17+,18+/m0/s1. The number of nitrogens with zero attached hydrogens (tertiary/aromatic N) is 4. The van der Waals surface area contributed by atoms with Gasteiger partial charge in [0.2, 0.25) is 0 Å². The number of piperidine rings is 1. The molecule has 0 radical (unpaired) electrons. The van der Waals surface area contributed by atoms with Crippen molar-refractivity contribution in [2.24, 2.45) is 0 Å². The number of hydrogen-bond donors (Lipinski definition) is 0. The van der Waals surface area contributed by atoms with Crippen LogP contribution in [0.3, 0.4) is 0 Å². The third kappa shape index (κ3) is 3.07. The van der Waals surface area contributed by atoms with Gasteiger partial charge in [-0.05, 0) is 55.8 Å². The molecule has 1 aliphatic carbocycles. The SMILES string of the molecule is Fc1ccc([C@H]2C[C@@H](N3CCC[C@@H](F)C3)[C@H](n3cncn3)C2)cc1. The van der Waals surface area contributed by atoms with E-state index in [1.807, 2.05) is 16.8 Å². The highest BCUT2D eigenvalue weighted by Crippen LogP contribution is 2.44. The number of likely N-dealkylation sites (tertiary alicyclic amines) is 1. The summed E-state index contributed by atoms with van der Waals surface area (Å²) in [5.41, 5.74) is 1.15. The van der Waals surface area contributed by atoms with Gasteiger partial charge in [0.1, 0.15) is 24.6 Å². The van der Waals surface area contributed by atoms with E-state index in [0.717, 1.165) is 31.4 Å². The topological polar surface area (TPSA) is 34.0 Å². The molecule has 1 aliphatic heterocycles. The number of benzene rings is 1. The van der Waals surface area contributed by atoms with Crippen molar-refractivity contribution in [3.63, 3.8) is 0 Å². The Morgan fingerprint density at radius 1 is 1.08 bits per heavy atom. The fraction of sp³-hybridized carbons (Fsp3) is 0.556. The van der Waals surface area contributed by atoms with Gasteiger partial charge in [0, 0.05) is 12.6 Å². The molecule has 4 atom stereocenters. The Kier molecular flexibility index (Phi) is 4.31. The van der Waals surface area contributed by atoms with E-state index in [2.05, 4.69) is 15.0 Å². The van der Waals surface area contributed by atoms with Crippen LogP contribution in [0.4, 0.5) is 8.78 Å². The van der Waals surface area contributed by atoms with Gasteiger partial charge >= 0.3 is 0 Å². The molecular formula is C18H22F2N4. The zero-order valence-electron chi connectivity index (χ0n) is 13.6. The average Bonchev–Trinajstić information content (AvgIpc) is 3.25. The van der Waals surface area contributed by atoms with E-state index in [4.69, 9.17) is 0 Å². The summed E-state index contributed by atoms with van der Waals surface area (Å²) in [6.07, 6.45) is 6.01. The molecular weight excluding hydrogens is 310 g/mol. The lowest BCUT2D eigenvalue weighted by Gasteiger charge is -2.36. The number of hydrogen-bond acceptors (Lipinski definition) is 3. The summed E-state index contributed by atoms with van der Waals surface area (Å²) in [5, 5.41) is 4.33. The van der Waals surface area contributed by atoms with Crippen molar-refractivity contribution in [3.05, 3.63) is 48.3 Å². The molecule has 2 fully saturated rings. The van der Waals surface area contributed by atoms with E-state index in [0.29, 0.717) is 18.9 Å². The van der Waals surface area contributed by atoms with Crippen LogP contribution in [-0.2, 0) is 0 Å². The van der Waals surface area contributed by atoms with Gasteiger partial charge in [0.15, 0.2) is 0 Å². The monoisotopic (exact) mass is 332 g/mol. The highest BCUT2D eigenvalue weighted by atomic mass is 19.1. The molecule has 2 aromatic rings. The molecule has 0 unspecified atom stereocenters. The first kappa shape index (κ1) is 15.7. The third-order valence-corrected chi connectivity index (χ3v) is 5.48. The van der Waals surface area contributed by atoms with Crippen molar-refractivity contribution in [1.29, 1.82) is 0 Å². The molecule has 2 heterocycles. The van der Waals surface area contributed by atoms with Gasteiger partial charge < -0.3 is 0 Å². The molecule has 128 valence electrons. The summed E-state index contributed by atoms with van der Waals surface area (Å²) in [6, 6.07) is 7.22. The summed E-state index contributed by atoms with van der Waals surface area (Å²) in [4.78, 5) is 6.36. The van der Waals surface area contributed by atoms with Crippen LogP contribution in [-0.4, -0.2) is 45.0 Å². The summed E-state index contributed by atoms with van der Waals surface area (Å²) in [7, 11) is 0. The van der Waals surface area contributed by atoms with Gasteiger partial charge in [-0.1, -0.05) is 12.1 Å². The second kappa shape index (κ2) is 6.59. The first-order valence-corrected chi connectivity index (χ1v) is 8.68. The average molecular weight is 332 g/mol. The van der Waals surface area contributed by atoms with E-state index in [1.165, 1.54) is 12.1 Å². The predicted molar refractivity (Wildman–Crippen MR) is 86.9 cm³/mol. The molecule has 1 aromatic heterocycles. The minimum atomic E-state index is -0.736. The second-order valence-corrected chi connectivity index (χ2v) is 6.96. The quantitative estimate of drug-likeness (QED) is 0.864. The smallest absolute Gasteiger partial charge is 0.137 e. The van der Waals surface area contributed by atoms with Crippen LogP contribution in [0.2, 0.25) is 0 Å². The molecule has 4 rings (SSSR count). The maximum atomic E-state index is 13.9. The van der Waals surface area contributed by atoms with Crippen LogP contribution in [0, 0.1) is 5.82 Å². The highest BCUT2D eigenvalue weighted by molar-refractivity contribution is 5.23. The van der Waals surface area contributed by atoms with Gasteiger partial charge in [-0.3, -0.25) is 4.90 Å². The Morgan fingerprint density at radius 3 is 2.58 bits per heavy atom. The van der Waals surface area contributed by atoms with Crippen molar-refractivity contribution >= 4 is 0 Å². The molecule has 1 saturated carbocycles. The summed E-state index contributed by atoms with van der Waals surface area (Å²) in [6.45, 7) is 1.44. The molecule has 4 nitrogen and oxygen atoms in total. The van der Waals surface area contributed by atoms with Gasteiger partial charge in [-0.15, -0.1) is 0 Å². The van der Waals surface area contributed by atoms with Crippen LogP contribution in [0.1, 0.15) is 43.2 Å². The number of aromatic nitrogens is 3. The number of rotatable bonds is 3. The van der Waals surface area contributed by atoms with E-state index in [9.17, 15) is 8.78 Å². The Balaban J connectivity index is 1.59. The molecule has 0 bridgehead atoms. The van der Waals surface area contributed by atoms with Gasteiger partial charge in [-0.2, -0.15) is 5.10 Å². The molecule has 0 N–H and O–H groups in total. The van der Waals surface area contributed by atoms with Gasteiger partial charge in [-0.25, -0.2) is 18.4 Å². The lowest BCUT2D eigenvalue weighted by molar-refractivity contribution is 0.0798. The van der Waals surface area contributed by atoms with E-state index in [1.54, 1.807) is 12.7 Å². The van der Waals surface area contributed by atoms with Crippen molar-refractivity contribution in [1.82, 2.24) is 19.7 Å². The Bertz CT molecular complexity index is 658. The highest BCUT2D eigenvalue weighted by Gasteiger charge is 2.41. The minimum absolute atomic E-state index is 0.188. The number of halogens is 2. The van der Waals surface area contributed by atoms with Crippen molar-refractivity contribution in [3.8, 4) is 0 Å². The Morgan fingerprint density at radius 2 is 1.88 bits per heavy atom. The zero-order valence-corrected chi connectivity index (χ0v) is 13.6. The van der Waals surface area contributed by atoms with Crippen LogP contribution in [0.25, 0.3) is 0 Å². The largest absolute Gasteiger partial charge is 0.295 e. The van der Waals surface area contributed by atoms with E-state index >= 15 is 0 Å². The van der Waals surface area contributed by atoms with Crippen LogP contribution >= 0.6 is 0 Å². The van der Waals surface area contributed by atoms with Crippen LogP contribution in [0.5, 0.6) is 0 Å². The first-order valence-electron chi connectivity index (χ1n) is 8.68. The molecule has 1 saturated heterocycles. The normalized spacial score (nSPS) is 31.4. The maximum Gasteiger partial charge on any atom is 0.137 e. The molecule has 24 heavy (non-hydrogen) atoms. The maximum absolute atomic E-state index is 13.9. The minimum Gasteiger partial charge on any atom is -0.295 e. The fourth-order valence-corrected chi connectivity index (χ4v) is 4.32. The van der Waals surface area contributed by atoms with Crippen LogP contribution < -0.4 is 0 Å². The molecule has 0 spiro atoms. The molecule has 1 aromatic carbocycles. The van der Waals surface area contributed by atoms with E-state index < -0.39 is 6.17 Å². The second-order valence-electron chi connectivity index (χ2n) is 6.96. The molecule has 0 amide bonds. The first-order chi connectivity index (χ1) is 11.7. The summed E-state index contributed by atoms with van der Waals surface area (Å²) >= 11 is 0. The van der Waals surface area contributed by atoms with Gasteiger partial charge in [0.05, 0.1) is 6.04 Å². The molecule has 6 heteroatoms. The summed E-state index contributed by atoms with van der Waals surface area (Å²) in [5.74, 6) is 0.127.